The van der Waals surface area contributed by atoms with Crippen LogP contribution in [0.4, 0.5) is 5.69 Å². The van der Waals surface area contributed by atoms with E-state index in [2.05, 4.69) is 11.1 Å². The van der Waals surface area contributed by atoms with Gasteiger partial charge in [0.15, 0.2) is 0 Å². The fourth-order valence-electron chi connectivity index (χ4n) is 1.75. The van der Waals surface area contributed by atoms with Crippen molar-refractivity contribution in [1.82, 2.24) is 4.98 Å². The zero-order valence-corrected chi connectivity index (χ0v) is 9.89. The van der Waals surface area contributed by atoms with Crippen molar-refractivity contribution in [2.45, 2.75) is 12.8 Å². The third kappa shape index (κ3) is 2.97. The lowest BCUT2D eigenvalue weighted by Gasteiger charge is -2.08. The van der Waals surface area contributed by atoms with E-state index in [1.807, 2.05) is 30.5 Å². The molecule has 0 aliphatic rings. The van der Waals surface area contributed by atoms with Gasteiger partial charge in [-0.2, -0.15) is 0 Å². The highest BCUT2D eigenvalue weighted by Gasteiger charge is 2.02. The van der Waals surface area contributed by atoms with E-state index >= 15 is 0 Å². The molecule has 2 aromatic rings. The zero-order valence-electron chi connectivity index (χ0n) is 9.89. The number of aromatic nitrogens is 1. The molecule has 17 heavy (non-hydrogen) atoms. The van der Waals surface area contributed by atoms with Crippen LogP contribution in [0.5, 0.6) is 5.75 Å². The maximum absolute atomic E-state index is 5.94. The summed E-state index contributed by atoms with van der Waals surface area (Å²) in [7, 11) is 1.66. The molecule has 0 amide bonds. The van der Waals surface area contributed by atoms with Crippen LogP contribution in [0, 0.1) is 0 Å². The van der Waals surface area contributed by atoms with Crippen LogP contribution in [0.25, 0.3) is 0 Å². The molecule has 88 valence electrons. The molecular formula is C14H16N2O. The lowest BCUT2D eigenvalue weighted by Crippen LogP contribution is -1.98. The number of nitrogens with zero attached hydrogens (tertiary/aromatic N) is 1. The average molecular weight is 228 g/mol. The number of methoxy groups -OCH3 is 1. The molecule has 1 heterocycles. The monoisotopic (exact) mass is 228 g/mol. The predicted molar refractivity (Wildman–Crippen MR) is 69.1 cm³/mol. The first-order valence-corrected chi connectivity index (χ1v) is 5.61. The van der Waals surface area contributed by atoms with E-state index in [1.165, 1.54) is 5.56 Å². The molecule has 0 bridgehead atoms. The highest BCUT2D eigenvalue weighted by molar-refractivity contribution is 5.50. The first-order valence-electron chi connectivity index (χ1n) is 5.61. The molecule has 0 radical (unpaired) electrons. The Morgan fingerprint density at radius 1 is 1.24 bits per heavy atom. The molecule has 2 rings (SSSR count). The highest BCUT2D eigenvalue weighted by atomic mass is 16.5. The summed E-state index contributed by atoms with van der Waals surface area (Å²) in [6.07, 6.45) is 5.50. The Kier molecular flexibility index (Phi) is 3.60. The minimum absolute atomic E-state index is 0.815. The van der Waals surface area contributed by atoms with E-state index in [0.29, 0.717) is 0 Å². The maximum Gasteiger partial charge on any atom is 0.119 e. The molecule has 0 fully saturated rings. The summed E-state index contributed by atoms with van der Waals surface area (Å²) in [5.74, 6) is 0.848. The Bertz CT molecular complexity index is 483. The van der Waals surface area contributed by atoms with Crippen molar-refractivity contribution in [3.05, 3.63) is 53.9 Å². The van der Waals surface area contributed by atoms with E-state index in [0.717, 1.165) is 29.8 Å². The molecule has 0 unspecified atom stereocenters. The van der Waals surface area contributed by atoms with Crippen LogP contribution in [-0.2, 0) is 12.8 Å². The van der Waals surface area contributed by atoms with Crippen molar-refractivity contribution in [3.8, 4) is 5.75 Å². The van der Waals surface area contributed by atoms with Gasteiger partial charge in [0.25, 0.3) is 0 Å². The third-order valence-corrected chi connectivity index (χ3v) is 2.76. The van der Waals surface area contributed by atoms with Crippen LogP contribution in [0.2, 0.25) is 0 Å². The number of nitrogens with two attached hydrogens (primary N) is 1. The van der Waals surface area contributed by atoms with Crippen molar-refractivity contribution in [2.24, 2.45) is 0 Å². The van der Waals surface area contributed by atoms with E-state index in [4.69, 9.17) is 10.5 Å². The number of ether oxygens (including phenoxy) is 1. The van der Waals surface area contributed by atoms with Crippen LogP contribution < -0.4 is 10.5 Å². The van der Waals surface area contributed by atoms with Crippen LogP contribution in [0.1, 0.15) is 11.1 Å². The molecule has 0 aliphatic carbocycles. The zero-order chi connectivity index (χ0) is 12.1. The summed E-state index contributed by atoms with van der Waals surface area (Å²) in [6, 6.07) is 9.78. The van der Waals surface area contributed by atoms with Crippen LogP contribution >= 0.6 is 0 Å². The topological polar surface area (TPSA) is 48.1 Å². The number of aryl methyl sites for hydroxylation is 2. The Labute approximate surface area is 101 Å². The molecule has 2 N–H and O–H groups in total. The molecule has 0 spiro atoms. The van der Waals surface area contributed by atoms with Gasteiger partial charge in [-0.3, -0.25) is 4.98 Å². The fourth-order valence-corrected chi connectivity index (χ4v) is 1.75. The Morgan fingerprint density at radius 3 is 2.82 bits per heavy atom. The Balaban J connectivity index is 2.08. The van der Waals surface area contributed by atoms with Crippen LogP contribution in [0.3, 0.4) is 0 Å². The second-order valence-electron chi connectivity index (χ2n) is 3.93. The van der Waals surface area contributed by atoms with E-state index in [-0.39, 0.29) is 0 Å². The standard InChI is InChI=1S/C14H16N2O/c1-17-13-6-7-14(15)12(9-13)5-4-11-3-2-8-16-10-11/h2-3,6-10H,4-5,15H2,1H3. The maximum atomic E-state index is 5.94. The first-order chi connectivity index (χ1) is 8.29. The SMILES string of the molecule is COc1ccc(N)c(CCc2cccnc2)c1. The van der Waals surface area contributed by atoms with Crippen LogP contribution in [-0.4, -0.2) is 12.1 Å². The minimum atomic E-state index is 0.815. The lowest BCUT2D eigenvalue weighted by atomic mass is 10.0. The Hall–Kier alpha value is -2.03. The molecular weight excluding hydrogens is 212 g/mol. The molecule has 0 saturated carbocycles. The number of nitrogen functional groups attached to an aromatic ring is 1. The van der Waals surface area contributed by atoms with Gasteiger partial charge in [0.1, 0.15) is 5.75 Å². The van der Waals surface area contributed by atoms with E-state index in [1.54, 1.807) is 13.3 Å². The van der Waals surface area contributed by atoms with Gasteiger partial charge in [-0.1, -0.05) is 6.07 Å². The van der Waals surface area contributed by atoms with Crippen molar-refractivity contribution >= 4 is 5.69 Å². The van der Waals surface area contributed by atoms with E-state index in [9.17, 15) is 0 Å². The smallest absolute Gasteiger partial charge is 0.119 e. The first kappa shape index (κ1) is 11.5. The molecule has 3 heteroatoms. The van der Waals surface area contributed by atoms with Crippen molar-refractivity contribution in [2.75, 3.05) is 12.8 Å². The predicted octanol–water partition coefficient (Wildman–Crippen LogP) is 2.46. The van der Waals surface area contributed by atoms with Gasteiger partial charge in [-0.05, 0) is 48.2 Å². The number of hydrogen-bond acceptors (Lipinski definition) is 3. The average Bonchev–Trinajstić information content (AvgIpc) is 2.39. The van der Waals surface area contributed by atoms with Crippen molar-refractivity contribution < 1.29 is 4.74 Å². The van der Waals surface area contributed by atoms with E-state index < -0.39 is 0 Å². The summed E-state index contributed by atoms with van der Waals surface area (Å²) < 4.78 is 5.19. The molecule has 0 aliphatic heterocycles. The summed E-state index contributed by atoms with van der Waals surface area (Å²) in [6.45, 7) is 0. The summed E-state index contributed by atoms with van der Waals surface area (Å²) in [4.78, 5) is 4.10. The summed E-state index contributed by atoms with van der Waals surface area (Å²) >= 11 is 0. The van der Waals surface area contributed by atoms with Gasteiger partial charge in [-0.25, -0.2) is 0 Å². The van der Waals surface area contributed by atoms with Gasteiger partial charge in [-0.15, -0.1) is 0 Å². The molecule has 3 nitrogen and oxygen atoms in total. The largest absolute Gasteiger partial charge is 0.497 e. The highest BCUT2D eigenvalue weighted by Crippen LogP contribution is 2.20. The van der Waals surface area contributed by atoms with Gasteiger partial charge < -0.3 is 10.5 Å². The quantitative estimate of drug-likeness (QED) is 0.818. The van der Waals surface area contributed by atoms with Gasteiger partial charge >= 0.3 is 0 Å². The molecule has 1 aromatic heterocycles. The number of pyridine rings is 1. The molecule has 0 saturated heterocycles. The van der Waals surface area contributed by atoms with Gasteiger partial charge in [0.05, 0.1) is 7.11 Å². The second-order valence-corrected chi connectivity index (χ2v) is 3.93. The third-order valence-electron chi connectivity index (χ3n) is 2.76. The fraction of sp³-hybridized carbons (Fsp3) is 0.214. The summed E-state index contributed by atoms with van der Waals surface area (Å²) in [5.41, 5.74) is 9.09. The summed E-state index contributed by atoms with van der Waals surface area (Å²) in [5, 5.41) is 0. The van der Waals surface area contributed by atoms with Crippen molar-refractivity contribution in [3.63, 3.8) is 0 Å². The minimum Gasteiger partial charge on any atom is -0.497 e. The van der Waals surface area contributed by atoms with Crippen molar-refractivity contribution in [1.29, 1.82) is 0 Å². The second kappa shape index (κ2) is 5.34. The van der Waals surface area contributed by atoms with Gasteiger partial charge in [0, 0.05) is 18.1 Å². The Morgan fingerprint density at radius 2 is 2.12 bits per heavy atom. The van der Waals surface area contributed by atoms with Crippen LogP contribution in [0.15, 0.2) is 42.7 Å². The lowest BCUT2D eigenvalue weighted by molar-refractivity contribution is 0.414. The normalized spacial score (nSPS) is 10.2. The number of hydrogen-bond donors (Lipinski definition) is 1. The number of rotatable bonds is 4. The molecule has 0 atom stereocenters. The molecule has 1 aromatic carbocycles. The number of benzene rings is 1. The van der Waals surface area contributed by atoms with Gasteiger partial charge in [0.2, 0.25) is 0 Å². The number of anilines is 1.